The number of nitrogens with one attached hydrogen (secondary N) is 2. The number of nitrogens with zero attached hydrogens (tertiary/aromatic N) is 2. The third kappa shape index (κ3) is 4.14. The summed E-state index contributed by atoms with van der Waals surface area (Å²) in [6.07, 6.45) is 1.64. The maximum atomic E-state index is 11.5. The van der Waals surface area contributed by atoms with Crippen LogP contribution in [0.1, 0.15) is 31.7 Å². The molecule has 0 aliphatic rings. The maximum absolute atomic E-state index is 11.5. The molecule has 1 amide bonds. The predicted octanol–water partition coefficient (Wildman–Crippen LogP) is 1.94. The van der Waals surface area contributed by atoms with Crippen molar-refractivity contribution >= 4 is 23.3 Å². The monoisotopic (exact) mass is 270 g/mol. The van der Waals surface area contributed by atoms with E-state index in [9.17, 15) is 4.79 Å². The zero-order valence-corrected chi connectivity index (χ0v) is 11.8. The number of halogens is 1. The maximum Gasteiger partial charge on any atom is 0.239 e. The van der Waals surface area contributed by atoms with E-state index in [1.807, 2.05) is 13.8 Å². The quantitative estimate of drug-likeness (QED) is 0.776. The van der Waals surface area contributed by atoms with E-state index in [2.05, 4.69) is 20.6 Å². The fraction of sp³-hybridized carbons (Fsp3) is 0.583. The summed E-state index contributed by atoms with van der Waals surface area (Å²) in [5.41, 5.74) is 0.838. The number of amides is 1. The molecule has 0 saturated carbocycles. The van der Waals surface area contributed by atoms with E-state index < -0.39 is 0 Å². The van der Waals surface area contributed by atoms with E-state index in [-0.39, 0.29) is 12.5 Å². The van der Waals surface area contributed by atoms with Crippen LogP contribution in [0, 0.1) is 6.92 Å². The predicted molar refractivity (Wildman–Crippen MR) is 72.9 cm³/mol. The van der Waals surface area contributed by atoms with E-state index in [1.54, 1.807) is 6.92 Å². The van der Waals surface area contributed by atoms with Crippen LogP contribution >= 0.6 is 11.6 Å². The Kier molecular flexibility index (Phi) is 5.85. The smallest absolute Gasteiger partial charge is 0.239 e. The average Bonchev–Trinajstić information content (AvgIpc) is 2.33. The summed E-state index contributed by atoms with van der Waals surface area (Å²) in [4.78, 5) is 19.9. The number of carbonyl (C=O) groups excluding carboxylic acids is 1. The van der Waals surface area contributed by atoms with Crippen molar-refractivity contribution in [2.75, 3.05) is 18.4 Å². The largest absolute Gasteiger partial charge is 0.361 e. The number of anilines is 1. The Labute approximate surface area is 112 Å². The molecule has 2 N–H and O–H groups in total. The SMILES string of the molecule is CCCNC(=O)CNc1nc(C)nc(Cl)c1CC. The van der Waals surface area contributed by atoms with E-state index in [4.69, 9.17) is 11.6 Å². The highest BCUT2D eigenvalue weighted by molar-refractivity contribution is 6.30. The van der Waals surface area contributed by atoms with Crippen molar-refractivity contribution in [2.45, 2.75) is 33.6 Å². The minimum atomic E-state index is -0.0497. The normalized spacial score (nSPS) is 10.2. The molecule has 0 saturated heterocycles. The third-order valence-corrected chi connectivity index (χ3v) is 2.72. The number of hydrogen-bond acceptors (Lipinski definition) is 4. The molecule has 0 aromatic carbocycles. The zero-order valence-electron chi connectivity index (χ0n) is 11.0. The van der Waals surface area contributed by atoms with Crippen LogP contribution < -0.4 is 10.6 Å². The molecule has 18 heavy (non-hydrogen) atoms. The summed E-state index contributed by atoms with van der Waals surface area (Å²) in [6, 6.07) is 0. The molecule has 1 aromatic heterocycles. The highest BCUT2D eigenvalue weighted by Gasteiger charge is 2.10. The fourth-order valence-electron chi connectivity index (χ4n) is 1.51. The van der Waals surface area contributed by atoms with Crippen molar-refractivity contribution in [3.63, 3.8) is 0 Å². The minimum absolute atomic E-state index is 0.0497. The van der Waals surface area contributed by atoms with Gasteiger partial charge in [-0.1, -0.05) is 25.4 Å². The van der Waals surface area contributed by atoms with Crippen molar-refractivity contribution < 1.29 is 4.79 Å². The molecule has 1 aromatic rings. The number of aryl methyl sites for hydroxylation is 1. The molecule has 100 valence electrons. The molecule has 0 bridgehead atoms. The summed E-state index contributed by atoms with van der Waals surface area (Å²) in [6.45, 7) is 6.64. The lowest BCUT2D eigenvalue weighted by Crippen LogP contribution is -2.30. The minimum Gasteiger partial charge on any atom is -0.361 e. The fourth-order valence-corrected chi connectivity index (χ4v) is 1.86. The van der Waals surface area contributed by atoms with Crippen molar-refractivity contribution in [2.24, 2.45) is 0 Å². The Morgan fingerprint density at radius 2 is 2.06 bits per heavy atom. The highest BCUT2D eigenvalue weighted by Crippen LogP contribution is 2.21. The summed E-state index contributed by atoms with van der Waals surface area (Å²) >= 11 is 6.04. The second-order valence-corrected chi connectivity index (χ2v) is 4.30. The lowest BCUT2D eigenvalue weighted by Gasteiger charge is -2.11. The van der Waals surface area contributed by atoms with Crippen LogP contribution in [-0.2, 0) is 11.2 Å². The third-order valence-electron chi connectivity index (χ3n) is 2.41. The summed E-state index contributed by atoms with van der Waals surface area (Å²) in [5, 5.41) is 6.24. The average molecular weight is 271 g/mol. The molecule has 0 unspecified atom stereocenters. The van der Waals surface area contributed by atoms with Crippen LogP contribution in [0.3, 0.4) is 0 Å². The molecule has 0 aliphatic heterocycles. The van der Waals surface area contributed by atoms with E-state index in [1.165, 1.54) is 0 Å². The van der Waals surface area contributed by atoms with E-state index in [0.29, 0.717) is 23.3 Å². The van der Waals surface area contributed by atoms with Crippen LogP contribution in [0.2, 0.25) is 5.15 Å². The molecule has 0 fully saturated rings. The van der Waals surface area contributed by atoms with Gasteiger partial charge >= 0.3 is 0 Å². The van der Waals surface area contributed by atoms with Crippen molar-refractivity contribution in [3.8, 4) is 0 Å². The molecule has 1 heterocycles. The summed E-state index contributed by atoms with van der Waals surface area (Å²) in [7, 11) is 0. The second-order valence-electron chi connectivity index (χ2n) is 3.95. The highest BCUT2D eigenvalue weighted by atomic mass is 35.5. The molecule has 0 radical (unpaired) electrons. The summed E-state index contributed by atoms with van der Waals surface area (Å²) in [5.74, 6) is 1.18. The molecular formula is C12H19ClN4O. The number of aromatic nitrogens is 2. The molecule has 1 rings (SSSR count). The first kappa shape index (κ1) is 14.7. The van der Waals surface area contributed by atoms with Gasteiger partial charge in [0.15, 0.2) is 0 Å². The van der Waals surface area contributed by atoms with Gasteiger partial charge in [0.1, 0.15) is 16.8 Å². The van der Waals surface area contributed by atoms with Crippen LogP contribution in [0.15, 0.2) is 0 Å². The first-order chi connectivity index (χ1) is 8.58. The Morgan fingerprint density at radius 3 is 2.67 bits per heavy atom. The van der Waals surface area contributed by atoms with Crippen molar-refractivity contribution in [1.82, 2.24) is 15.3 Å². The Balaban J connectivity index is 2.69. The van der Waals surface area contributed by atoms with Gasteiger partial charge in [0.2, 0.25) is 5.91 Å². The molecule has 0 spiro atoms. The molecule has 0 atom stereocenters. The zero-order chi connectivity index (χ0) is 13.5. The van der Waals surface area contributed by atoms with Gasteiger partial charge in [0.25, 0.3) is 0 Å². The topological polar surface area (TPSA) is 66.9 Å². The van der Waals surface area contributed by atoms with E-state index >= 15 is 0 Å². The van der Waals surface area contributed by atoms with Gasteiger partial charge in [-0.15, -0.1) is 0 Å². The molecule has 5 nitrogen and oxygen atoms in total. The number of rotatable bonds is 6. The first-order valence-electron chi connectivity index (χ1n) is 6.12. The number of carbonyl (C=O) groups is 1. The Bertz CT molecular complexity index is 423. The van der Waals surface area contributed by atoms with Crippen molar-refractivity contribution in [1.29, 1.82) is 0 Å². The Hall–Kier alpha value is -1.36. The summed E-state index contributed by atoms with van der Waals surface area (Å²) < 4.78 is 0. The number of hydrogen-bond donors (Lipinski definition) is 2. The Morgan fingerprint density at radius 1 is 1.33 bits per heavy atom. The molecular weight excluding hydrogens is 252 g/mol. The standard InChI is InChI=1S/C12H19ClN4O/c1-4-6-14-10(18)7-15-12-9(5-2)11(13)16-8(3)17-12/h4-7H2,1-3H3,(H,14,18)(H,15,16,17). The van der Waals surface area contributed by atoms with Gasteiger partial charge in [-0.2, -0.15) is 0 Å². The van der Waals surface area contributed by atoms with Crippen LogP contribution in [-0.4, -0.2) is 29.0 Å². The second kappa shape index (κ2) is 7.16. The van der Waals surface area contributed by atoms with Gasteiger partial charge in [-0.05, 0) is 19.8 Å². The molecule has 0 aliphatic carbocycles. The van der Waals surface area contributed by atoms with Crippen LogP contribution in [0.5, 0.6) is 0 Å². The van der Waals surface area contributed by atoms with Gasteiger partial charge in [0, 0.05) is 12.1 Å². The van der Waals surface area contributed by atoms with Gasteiger partial charge in [-0.3, -0.25) is 4.79 Å². The van der Waals surface area contributed by atoms with E-state index in [0.717, 1.165) is 18.4 Å². The van der Waals surface area contributed by atoms with Gasteiger partial charge in [-0.25, -0.2) is 9.97 Å². The lowest BCUT2D eigenvalue weighted by atomic mass is 10.2. The van der Waals surface area contributed by atoms with Gasteiger partial charge < -0.3 is 10.6 Å². The first-order valence-corrected chi connectivity index (χ1v) is 6.49. The van der Waals surface area contributed by atoms with Crippen molar-refractivity contribution in [3.05, 3.63) is 16.5 Å². The lowest BCUT2D eigenvalue weighted by molar-refractivity contribution is -0.119. The van der Waals surface area contributed by atoms with Crippen LogP contribution in [0.25, 0.3) is 0 Å². The van der Waals surface area contributed by atoms with Crippen LogP contribution in [0.4, 0.5) is 5.82 Å². The van der Waals surface area contributed by atoms with Gasteiger partial charge in [0.05, 0.1) is 6.54 Å². The molecule has 6 heteroatoms.